The number of amides is 1. The Bertz CT molecular complexity index is 1020. The van der Waals surface area contributed by atoms with Gasteiger partial charge in [-0.05, 0) is 24.6 Å². The standard InChI is InChI=1S/C21H20N4O2/c1-14-5-3-8-19-20(14)24-13-16(12-22)21(19)23-9-10-27-18-7-4-6-17(11-18)25-15(2)26/h3-8,11,13H,9-10H2,1-2H3,(H,23,24)(H,25,26). The Labute approximate surface area is 157 Å². The van der Waals surface area contributed by atoms with E-state index >= 15 is 0 Å². The molecule has 0 spiro atoms. The fraction of sp³-hybridized carbons (Fsp3) is 0.190. The van der Waals surface area contributed by atoms with Crippen LogP contribution in [0, 0.1) is 18.3 Å². The van der Waals surface area contributed by atoms with E-state index in [2.05, 4.69) is 21.7 Å². The van der Waals surface area contributed by atoms with Crippen LogP contribution in [0.25, 0.3) is 10.9 Å². The Hall–Kier alpha value is -3.59. The minimum absolute atomic E-state index is 0.127. The quantitative estimate of drug-likeness (QED) is 0.652. The number of aromatic nitrogens is 1. The van der Waals surface area contributed by atoms with Gasteiger partial charge in [0.25, 0.3) is 0 Å². The third-order valence-corrected chi connectivity index (χ3v) is 4.05. The van der Waals surface area contributed by atoms with Crippen LogP contribution < -0.4 is 15.4 Å². The van der Waals surface area contributed by atoms with Gasteiger partial charge in [0.2, 0.25) is 5.91 Å². The van der Waals surface area contributed by atoms with Crippen LogP contribution >= 0.6 is 0 Å². The van der Waals surface area contributed by atoms with Crippen LogP contribution in [0.5, 0.6) is 5.75 Å². The lowest BCUT2D eigenvalue weighted by Crippen LogP contribution is -2.13. The largest absolute Gasteiger partial charge is 0.492 e. The third kappa shape index (κ3) is 4.33. The van der Waals surface area contributed by atoms with Gasteiger partial charge in [-0.1, -0.05) is 24.3 Å². The number of ether oxygens (including phenoxy) is 1. The Morgan fingerprint density at radius 2 is 2.07 bits per heavy atom. The molecular formula is C21H20N4O2. The predicted octanol–water partition coefficient (Wildman–Crippen LogP) is 3.86. The molecule has 0 aliphatic heterocycles. The van der Waals surface area contributed by atoms with Gasteiger partial charge in [-0.25, -0.2) is 0 Å². The second-order valence-corrected chi connectivity index (χ2v) is 6.11. The Kier molecular flexibility index (Phi) is 5.53. The molecule has 6 nitrogen and oxygen atoms in total. The first kappa shape index (κ1) is 18.2. The number of hydrogen-bond donors (Lipinski definition) is 2. The van der Waals surface area contributed by atoms with E-state index in [1.807, 2.05) is 37.3 Å². The number of carbonyl (C=O) groups excluding carboxylic acids is 1. The summed E-state index contributed by atoms with van der Waals surface area (Å²) in [7, 11) is 0. The first-order chi connectivity index (χ1) is 13.1. The van der Waals surface area contributed by atoms with Crippen LogP contribution in [0.15, 0.2) is 48.7 Å². The number of aryl methyl sites for hydroxylation is 1. The molecule has 0 unspecified atom stereocenters. The summed E-state index contributed by atoms with van der Waals surface area (Å²) < 4.78 is 5.75. The van der Waals surface area contributed by atoms with Crippen molar-refractivity contribution in [2.24, 2.45) is 0 Å². The lowest BCUT2D eigenvalue weighted by Gasteiger charge is -2.13. The molecule has 0 saturated heterocycles. The number of para-hydroxylation sites is 1. The molecule has 0 radical (unpaired) electrons. The van der Waals surface area contributed by atoms with E-state index in [1.54, 1.807) is 18.3 Å². The van der Waals surface area contributed by atoms with Crippen LogP contribution in [0.3, 0.4) is 0 Å². The van der Waals surface area contributed by atoms with Gasteiger partial charge >= 0.3 is 0 Å². The van der Waals surface area contributed by atoms with Crippen molar-refractivity contribution in [3.63, 3.8) is 0 Å². The molecule has 2 aromatic carbocycles. The fourth-order valence-electron chi connectivity index (χ4n) is 2.86. The number of nitrogens with zero attached hydrogens (tertiary/aromatic N) is 2. The molecule has 1 aromatic heterocycles. The molecule has 1 heterocycles. The average molecular weight is 360 g/mol. The van der Waals surface area contributed by atoms with Crippen molar-refractivity contribution in [3.8, 4) is 11.8 Å². The van der Waals surface area contributed by atoms with Crippen molar-refractivity contribution in [2.75, 3.05) is 23.8 Å². The molecule has 0 atom stereocenters. The van der Waals surface area contributed by atoms with Crippen LogP contribution in [-0.4, -0.2) is 24.0 Å². The smallest absolute Gasteiger partial charge is 0.221 e. The molecule has 3 rings (SSSR count). The number of nitriles is 1. The highest BCUT2D eigenvalue weighted by Crippen LogP contribution is 2.27. The Morgan fingerprint density at radius 3 is 2.85 bits per heavy atom. The third-order valence-electron chi connectivity index (χ3n) is 4.05. The summed E-state index contributed by atoms with van der Waals surface area (Å²) in [5, 5.41) is 16.3. The number of pyridine rings is 1. The summed E-state index contributed by atoms with van der Waals surface area (Å²) >= 11 is 0. The number of hydrogen-bond acceptors (Lipinski definition) is 5. The van der Waals surface area contributed by atoms with Crippen molar-refractivity contribution < 1.29 is 9.53 Å². The van der Waals surface area contributed by atoms with Crippen molar-refractivity contribution >= 4 is 28.2 Å². The summed E-state index contributed by atoms with van der Waals surface area (Å²) in [6.45, 7) is 4.39. The minimum Gasteiger partial charge on any atom is -0.492 e. The molecule has 136 valence electrons. The zero-order chi connectivity index (χ0) is 19.2. The highest BCUT2D eigenvalue weighted by atomic mass is 16.5. The lowest BCUT2D eigenvalue weighted by molar-refractivity contribution is -0.114. The number of fused-ring (bicyclic) bond motifs is 1. The van der Waals surface area contributed by atoms with Gasteiger partial charge in [0.1, 0.15) is 18.4 Å². The SMILES string of the molecule is CC(=O)Nc1cccc(OCCNc2c(C#N)cnc3c(C)cccc23)c1. The first-order valence-electron chi connectivity index (χ1n) is 8.61. The van der Waals surface area contributed by atoms with Crippen LogP contribution in [0.1, 0.15) is 18.1 Å². The first-order valence-corrected chi connectivity index (χ1v) is 8.61. The maximum atomic E-state index is 11.1. The van der Waals surface area contributed by atoms with E-state index in [-0.39, 0.29) is 5.91 Å². The number of nitrogens with one attached hydrogen (secondary N) is 2. The van der Waals surface area contributed by atoms with E-state index in [1.165, 1.54) is 6.92 Å². The predicted molar refractivity (Wildman–Crippen MR) is 106 cm³/mol. The fourth-order valence-corrected chi connectivity index (χ4v) is 2.86. The number of benzene rings is 2. The molecule has 2 N–H and O–H groups in total. The monoisotopic (exact) mass is 360 g/mol. The van der Waals surface area contributed by atoms with Gasteiger partial charge in [0.15, 0.2) is 0 Å². The minimum atomic E-state index is -0.127. The molecule has 0 aliphatic rings. The van der Waals surface area contributed by atoms with Crippen molar-refractivity contribution in [3.05, 3.63) is 59.8 Å². The molecule has 0 bridgehead atoms. The topological polar surface area (TPSA) is 87.0 Å². The molecule has 0 fully saturated rings. The molecule has 0 aliphatic carbocycles. The molecule has 6 heteroatoms. The van der Waals surface area contributed by atoms with Gasteiger partial charge in [-0.15, -0.1) is 0 Å². The van der Waals surface area contributed by atoms with Gasteiger partial charge in [0.05, 0.1) is 16.8 Å². The van der Waals surface area contributed by atoms with Crippen LogP contribution in [0.2, 0.25) is 0 Å². The molecule has 3 aromatic rings. The lowest BCUT2D eigenvalue weighted by atomic mass is 10.1. The summed E-state index contributed by atoms with van der Waals surface area (Å²) in [5.74, 6) is 0.539. The second-order valence-electron chi connectivity index (χ2n) is 6.11. The highest BCUT2D eigenvalue weighted by molar-refractivity contribution is 5.95. The van der Waals surface area contributed by atoms with Gasteiger partial charge in [-0.3, -0.25) is 9.78 Å². The highest BCUT2D eigenvalue weighted by Gasteiger charge is 2.09. The van der Waals surface area contributed by atoms with E-state index in [4.69, 9.17) is 4.74 Å². The van der Waals surface area contributed by atoms with E-state index in [0.717, 1.165) is 22.2 Å². The van der Waals surface area contributed by atoms with Crippen LogP contribution in [0.4, 0.5) is 11.4 Å². The number of rotatable bonds is 6. The Balaban J connectivity index is 1.68. The zero-order valence-electron chi connectivity index (χ0n) is 15.2. The van der Waals surface area contributed by atoms with Crippen LogP contribution in [-0.2, 0) is 4.79 Å². The maximum absolute atomic E-state index is 11.1. The van der Waals surface area contributed by atoms with Crippen molar-refractivity contribution in [2.45, 2.75) is 13.8 Å². The summed E-state index contributed by atoms with van der Waals surface area (Å²) in [5.41, 5.74) is 3.90. The average Bonchev–Trinajstić information content (AvgIpc) is 2.65. The van der Waals surface area contributed by atoms with E-state index in [0.29, 0.717) is 30.2 Å². The molecule has 1 amide bonds. The molecular weight excluding hydrogens is 340 g/mol. The number of anilines is 2. The number of carbonyl (C=O) groups is 1. The van der Waals surface area contributed by atoms with E-state index < -0.39 is 0 Å². The summed E-state index contributed by atoms with van der Waals surface area (Å²) in [6, 6.07) is 15.3. The van der Waals surface area contributed by atoms with Gasteiger partial charge in [0, 0.05) is 36.8 Å². The second kappa shape index (κ2) is 8.19. The van der Waals surface area contributed by atoms with Gasteiger partial charge in [-0.2, -0.15) is 5.26 Å². The zero-order valence-corrected chi connectivity index (χ0v) is 15.2. The normalized spacial score (nSPS) is 10.3. The summed E-state index contributed by atoms with van der Waals surface area (Å²) in [6.07, 6.45) is 1.59. The summed E-state index contributed by atoms with van der Waals surface area (Å²) in [4.78, 5) is 15.5. The Morgan fingerprint density at radius 1 is 1.26 bits per heavy atom. The molecule has 27 heavy (non-hydrogen) atoms. The van der Waals surface area contributed by atoms with Crippen molar-refractivity contribution in [1.29, 1.82) is 5.26 Å². The van der Waals surface area contributed by atoms with E-state index in [9.17, 15) is 10.1 Å². The van der Waals surface area contributed by atoms with Crippen molar-refractivity contribution in [1.82, 2.24) is 4.98 Å². The maximum Gasteiger partial charge on any atom is 0.221 e. The van der Waals surface area contributed by atoms with Gasteiger partial charge < -0.3 is 15.4 Å². The molecule has 0 saturated carbocycles.